The maximum absolute atomic E-state index is 6.09. The molecule has 0 saturated heterocycles. The van der Waals surface area contributed by atoms with Crippen LogP contribution in [-0.2, 0) is 0 Å². The maximum atomic E-state index is 6.09. The zero-order valence-corrected chi connectivity index (χ0v) is 14.7. The quantitative estimate of drug-likeness (QED) is 0.768. The van der Waals surface area contributed by atoms with Gasteiger partial charge < -0.3 is 11.1 Å². The van der Waals surface area contributed by atoms with Crippen molar-refractivity contribution < 1.29 is 0 Å². The Bertz CT molecular complexity index is 900. The number of nitrogens with zero attached hydrogens (tertiary/aromatic N) is 4. The number of anilines is 1. The van der Waals surface area contributed by atoms with Crippen LogP contribution in [-0.4, -0.2) is 31.6 Å². The van der Waals surface area contributed by atoms with E-state index in [0.717, 1.165) is 41.9 Å². The number of nitrogens with one attached hydrogen (secondary N) is 1. The molecule has 6 heteroatoms. The molecule has 2 aromatic heterocycles. The molecule has 1 fully saturated rings. The van der Waals surface area contributed by atoms with Gasteiger partial charge in [0, 0.05) is 18.2 Å². The molecule has 0 spiro atoms. The molecule has 3 N–H and O–H groups in total. The molecule has 0 aliphatic heterocycles. The molecular formula is C19H24N6. The van der Waals surface area contributed by atoms with Crippen LogP contribution in [0.1, 0.15) is 36.8 Å². The normalized spacial score (nSPS) is 20.8. The fraction of sp³-hybridized carbons (Fsp3) is 0.421. The lowest BCUT2D eigenvalue weighted by Gasteiger charge is -2.27. The zero-order valence-electron chi connectivity index (χ0n) is 14.7. The van der Waals surface area contributed by atoms with Gasteiger partial charge in [0.1, 0.15) is 24.3 Å². The van der Waals surface area contributed by atoms with Crippen molar-refractivity contribution in [1.82, 2.24) is 19.5 Å². The number of aryl methyl sites for hydroxylation is 2. The average Bonchev–Trinajstić information content (AvgIpc) is 2.98. The van der Waals surface area contributed by atoms with E-state index in [1.165, 1.54) is 17.5 Å². The first-order chi connectivity index (χ1) is 12.1. The third-order valence-electron chi connectivity index (χ3n) is 5.13. The van der Waals surface area contributed by atoms with Gasteiger partial charge in [-0.05, 0) is 62.8 Å². The van der Waals surface area contributed by atoms with Gasteiger partial charge in [-0.15, -0.1) is 0 Å². The van der Waals surface area contributed by atoms with Crippen LogP contribution in [0.4, 0.5) is 5.82 Å². The molecule has 1 aliphatic carbocycles. The molecule has 0 radical (unpaired) electrons. The van der Waals surface area contributed by atoms with Crippen LogP contribution in [0, 0.1) is 13.8 Å². The van der Waals surface area contributed by atoms with E-state index in [2.05, 4.69) is 46.2 Å². The molecule has 1 saturated carbocycles. The second-order valence-electron chi connectivity index (χ2n) is 7.07. The van der Waals surface area contributed by atoms with Gasteiger partial charge in [0.2, 0.25) is 0 Å². The molecule has 2 heterocycles. The lowest BCUT2D eigenvalue weighted by molar-refractivity contribution is 0.409. The van der Waals surface area contributed by atoms with Gasteiger partial charge in [-0.1, -0.05) is 0 Å². The minimum absolute atomic E-state index is 0.288. The van der Waals surface area contributed by atoms with Crippen molar-refractivity contribution in [2.45, 2.75) is 51.6 Å². The number of rotatable bonds is 3. The first kappa shape index (κ1) is 16.0. The van der Waals surface area contributed by atoms with E-state index in [-0.39, 0.29) is 6.04 Å². The van der Waals surface area contributed by atoms with Crippen molar-refractivity contribution in [2.24, 2.45) is 5.73 Å². The lowest BCUT2D eigenvalue weighted by Crippen LogP contribution is -2.35. The first-order valence-corrected chi connectivity index (χ1v) is 8.89. The summed E-state index contributed by atoms with van der Waals surface area (Å²) in [6.45, 7) is 4.22. The third kappa shape index (κ3) is 3.22. The molecule has 130 valence electrons. The lowest BCUT2D eigenvalue weighted by atomic mass is 9.92. The highest BCUT2D eigenvalue weighted by Crippen LogP contribution is 2.23. The second-order valence-corrected chi connectivity index (χ2v) is 7.07. The van der Waals surface area contributed by atoms with Crippen molar-refractivity contribution in [1.29, 1.82) is 0 Å². The Labute approximate surface area is 147 Å². The zero-order chi connectivity index (χ0) is 17.4. The summed E-state index contributed by atoms with van der Waals surface area (Å²) in [6, 6.07) is 6.93. The largest absolute Gasteiger partial charge is 0.367 e. The number of hydrogen-bond donors (Lipinski definition) is 2. The topological polar surface area (TPSA) is 81.7 Å². The van der Waals surface area contributed by atoms with Crippen LogP contribution >= 0.6 is 0 Å². The summed E-state index contributed by atoms with van der Waals surface area (Å²) in [5.74, 6) is 1.66. The minimum Gasteiger partial charge on any atom is -0.367 e. The molecule has 0 amide bonds. The summed E-state index contributed by atoms with van der Waals surface area (Å²) < 4.78 is 2.02. The molecule has 2 unspecified atom stereocenters. The highest BCUT2D eigenvalue weighted by atomic mass is 15.1. The fourth-order valence-corrected chi connectivity index (χ4v) is 3.57. The van der Waals surface area contributed by atoms with Crippen LogP contribution in [0.25, 0.3) is 16.9 Å². The van der Waals surface area contributed by atoms with Crippen molar-refractivity contribution in [2.75, 3.05) is 5.32 Å². The van der Waals surface area contributed by atoms with Crippen molar-refractivity contribution in [3.8, 4) is 5.82 Å². The van der Waals surface area contributed by atoms with Crippen LogP contribution in [0.5, 0.6) is 0 Å². The molecule has 0 bridgehead atoms. The minimum atomic E-state index is 0.288. The van der Waals surface area contributed by atoms with Crippen LogP contribution in [0.15, 0.2) is 30.9 Å². The maximum Gasteiger partial charge on any atom is 0.143 e. The first-order valence-electron chi connectivity index (χ1n) is 8.89. The van der Waals surface area contributed by atoms with Gasteiger partial charge >= 0.3 is 0 Å². The Kier molecular flexibility index (Phi) is 4.13. The molecule has 6 nitrogen and oxygen atoms in total. The molecular weight excluding hydrogens is 312 g/mol. The van der Waals surface area contributed by atoms with E-state index >= 15 is 0 Å². The van der Waals surface area contributed by atoms with Crippen LogP contribution in [0.3, 0.4) is 0 Å². The number of fused-ring (bicyclic) bond motifs is 1. The molecule has 1 aromatic carbocycles. The number of nitrogens with two attached hydrogens (primary N) is 1. The highest BCUT2D eigenvalue weighted by Gasteiger charge is 2.19. The highest BCUT2D eigenvalue weighted by molar-refractivity contribution is 5.79. The summed E-state index contributed by atoms with van der Waals surface area (Å²) in [7, 11) is 0. The number of hydrogen-bond acceptors (Lipinski definition) is 5. The van der Waals surface area contributed by atoms with Crippen LogP contribution in [0.2, 0.25) is 0 Å². The Morgan fingerprint density at radius 2 is 1.92 bits per heavy atom. The predicted molar refractivity (Wildman–Crippen MR) is 100.0 cm³/mol. The summed E-state index contributed by atoms with van der Waals surface area (Å²) in [6.07, 6.45) is 7.85. The third-order valence-corrected chi connectivity index (χ3v) is 5.13. The van der Waals surface area contributed by atoms with Gasteiger partial charge in [-0.3, -0.25) is 4.57 Å². The van der Waals surface area contributed by atoms with Gasteiger partial charge in [0.05, 0.1) is 11.0 Å². The Morgan fingerprint density at radius 1 is 1.08 bits per heavy atom. The Hall–Kier alpha value is -2.47. The van der Waals surface area contributed by atoms with E-state index in [1.54, 1.807) is 6.33 Å². The Morgan fingerprint density at radius 3 is 2.76 bits per heavy atom. The fourth-order valence-electron chi connectivity index (χ4n) is 3.57. The van der Waals surface area contributed by atoms with E-state index in [4.69, 9.17) is 5.73 Å². The van der Waals surface area contributed by atoms with Crippen LogP contribution < -0.4 is 11.1 Å². The monoisotopic (exact) mass is 336 g/mol. The molecule has 2 atom stereocenters. The second kappa shape index (κ2) is 6.44. The number of aromatic nitrogens is 4. The smallest absolute Gasteiger partial charge is 0.143 e. The Balaban J connectivity index is 1.64. The predicted octanol–water partition coefficient (Wildman–Crippen LogP) is 3.11. The van der Waals surface area contributed by atoms with E-state index in [0.29, 0.717) is 6.04 Å². The van der Waals surface area contributed by atoms with Crippen molar-refractivity contribution in [3.63, 3.8) is 0 Å². The van der Waals surface area contributed by atoms with Gasteiger partial charge in [0.15, 0.2) is 0 Å². The molecule has 25 heavy (non-hydrogen) atoms. The summed E-state index contributed by atoms with van der Waals surface area (Å²) in [5.41, 5.74) is 10.6. The SMILES string of the molecule is Cc1cc2ncn(-c3cc(NC4CCCC(N)C4)ncn3)c2cc1C. The number of imidazole rings is 1. The summed E-state index contributed by atoms with van der Waals surface area (Å²) in [5, 5.41) is 3.52. The van der Waals surface area contributed by atoms with Gasteiger partial charge in [-0.25, -0.2) is 15.0 Å². The summed E-state index contributed by atoms with van der Waals surface area (Å²) >= 11 is 0. The van der Waals surface area contributed by atoms with Crippen molar-refractivity contribution in [3.05, 3.63) is 42.0 Å². The van der Waals surface area contributed by atoms with Crippen molar-refractivity contribution >= 4 is 16.9 Å². The molecule has 4 rings (SSSR count). The molecule has 3 aromatic rings. The van der Waals surface area contributed by atoms with E-state index in [9.17, 15) is 0 Å². The molecule has 1 aliphatic rings. The van der Waals surface area contributed by atoms with E-state index in [1.807, 2.05) is 17.0 Å². The van der Waals surface area contributed by atoms with Gasteiger partial charge in [0.25, 0.3) is 0 Å². The standard InChI is InChI=1S/C19H24N6/c1-12-6-16-17(7-13(12)2)25(11-23-16)19-9-18(21-10-22-19)24-15-5-3-4-14(20)8-15/h6-7,9-11,14-15H,3-5,8,20H2,1-2H3,(H,21,22,24). The van der Waals surface area contributed by atoms with Gasteiger partial charge in [-0.2, -0.15) is 0 Å². The summed E-state index contributed by atoms with van der Waals surface area (Å²) in [4.78, 5) is 13.3. The van der Waals surface area contributed by atoms with E-state index < -0.39 is 0 Å². The number of benzene rings is 1. The average molecular weight is 336 g/mol.